The van der Waals surface area contributed by atoms with Gasteiger partial charge in [0.2, 0.25) is 12.5 Å². The van der Waals surface area contributed by atoms with Gasteiger partial charge in [0.05, 0.1) is 12.0 Å². The first kappa shape index (κ1) is 20.5. The van der Waals surface area contributed by atoms with Crippen molar-refractivity contribution in [2.45, 2.75) is 61.9 Å². The van der Waals surface area contributed by atoms with Crippen LogP contribution in [0.4, 0.5) is 0 Å². The van der Waals surface area contributed by atoms with Crippen molar-refractivity contribution in [2.75, 3.05) is 20.4 Å². The van der Waals surface area contributed by atoms with Crippen molar-refractivity contribution in [1.29, 1.82) is 0 Å². The van der Waals surface area contributed by atoms with Crippen LogP contribution in [0, 0.1) is 18.3 Å². The van der Waals surface area contributed by atoms with Gasteiger partial charge in [-0.2, -0.15) is 10.2 Å². The third-order valence-corrected chi connectivity index (χ3v) is 7.60. The third-order valence-electron chi connectivity index (χ3n) is 7.60. The Morgan fingerprint density at radius 1 is 1.33 bits per heavy atom. The van der Waals surface area contributed by atoms with Crippen LogP contribution in [0.3, 0.4) is 0 Å². The maximum Gasteiger partial charge on any atom is 0.338 e. The lowest BCUT2D eigenvalue weighted by atomic mass is 9.69. The summed E-state index contributed by atoms with van der Waals surface area (Å²) in [6.07, 6.45) is 6.99. The number of nitrogens with zero attached hydrogens (tertiary/aromatic N) is 3. The van der Waals surface area contributed by atoms with Gasteiger partial charge < -0.3 is 23.8 Å². The molecule has 0 bridgehead atoms. The average Bonchev–Trinajstić information content (AvgIpc) is 3.21. The van der Waals surface area contributed by atoms with Crippen LogP contribution in [-0.4, -0.2) is 61.1 Å². The van der Waals surface area contributed by atoms with Gasteiger partial charge in [-0.25, -0.2) is 4.79 Å². The van der Waals surface area contributed by atoms with Gasteiger partial charge >= 0.3 is 11.9 Å². The molecule has 6 rings (SSSR count). The van der Waals surface area contributed by atoms with E-state index in [0.717, 1.165) is 18.5 Å². The van der Waals surface area contributed by atoms with Crippen LogP contribution in [0.25, 0.3) is 0 Å². The van der Waals surface area contributed by atoms with E-state index in [0.29, 0.717) is 42.2 Å². The van der Waals surface area contributed by atoms with Gasteiger partial charge in [0.1, 0.15) is 12.2 Å². The second kappa shape index (κ2) is 7.45. The van der Waals surface area contributed by atoms with Gasteiger partial charge in [0.25, 0.3) is 0 Å². The molecule has 9 nitrogen and oxygen atoms in total. The average molecular weight is 451 g/mol. The largest absolute Gasteiger partial charge is 0.458 e. The molecule has 4 aliphatic heterocycles. The molecule has 0 spiro atoms. The summed E-state index contributed by atoms with van der Waals surface area (Å²) >= 11 is 0. The zero-order valence-electron chi connectivity index (χ0n) is 18.4. The first-order valence-electron chi connectivity index (χ1n) is 11.4. The number of carbonyl (C=O) groups excluding carboxylic acids is 2. The molecule has 0 unspecified atom stereocenters. The number of terminal acetylenes is 1. The maximum atomic E-state index is 13.0. The topological polar surface area (TPSA) is 99.0 Å². The van der Waals surface area contributed by atoms with E-state index in [4.69, 9.17) is 25.4 Å². The Morgan fingerprint density at radius 2 is 2.12 bits per heavy atom. The van der Waals surface area contributed by atoms with E-state index in [9.17, 15) is 9.59 Å². The molecule has 0 N–H and O–H groups in total. The molecule has 0 radical (unpaired) electrons. The van der Waals surface area contributed by atoms with Crippen molar-refractivity contribution in [3.8, 4) is 23.8 Å². The Kier molecular flexibility index (Phi) is 4.63. The van der Waals surface area contributed by atoms with Crippen LogP contribution in [0.15, 0.2) is 22.4 Å². The van der Waals surface area contributed by atoms with E-state index < -0.39 is 29.8 Å². The molecule has 0 aromatic heterocycles. The minimum Gasteiger partial charge on any atom is -0.458 e. The summed E-state index contributed by atoms with van der Waals surface area (Å²) in [7, 11) is 2.10. The van der Waals surface area contributed by atoms with Gasteiger partial charge in [-0.1, -0.05) is 0 Å². The summed E-state index contributed by atoms with van der Waals surface area (Å²) in [4.78, 5) is 28.2. The number of carbonyl (C=O) groups is 2. The molecule has 33 heavy (non-hydrogen) atoms. The fourth-order valence-corrected chi connectivity index (χ4v) is 6.00. The molecule has 1 saturated carbocycles. The highest BCUT2D eigenvalue weighted by molar-refractivity contribution is 5.94. The van der Waals surface area contributed by atoms with E-state index in [-0.39, 0.29) is 25.2 Å². The molecule has 4 heterocycles. The Labute approximate surface area is 191 Å². The molecule has 2 fully saturated rings. The molecular formula is C24H25N3O6. The molecule has 5 aliphatic rings. The summed E-state index contributed by atoms with van der Waals surface area (Å²) in [5.41, 5.74) is 0.625. The number of fused-ring (bicyclic) bond motifs is 6. The predicted octanol–water partition coefficient (Wildman–Crippen LogP) is 2.64. The molecule has 5 atom stereocenters. The van der Waals surface area contributed by atoms with Crippen molar-refractivity contribution in [1.82, 2.24) is 4.90 Å². The first-order chi connectivity index (χ1) is 16.0. The summed E-state index contributed by atoms with van der Waals surface area (Å²) < 4.78 is 23.0. The molecule has 1 aromatic rings. The molecule has 172 valence electrons. The number of ether oxygens (including phenoxy) is 4. The number of hydrogen-bond donors (Lipinski definition) is 0. The highest BCUT2D eigenvalue weighted by atomic mass is 16.7. The summed E-state index contributed by atoms with van der Waals surface area (Å²) in [5.74, 6) is 3.13. The van der Waals surface area contributed by atoms with Gasteiger partial charge in [0.15, 0.2) is 11.5 Å². The minimum atomic E-state index is -0.749. The maximum absolute atomic E-state index is 13.0. The van der Waals surface area contributed by atoms with Crippen molar-refractivity contribution in [2.24, 2.45) is 16.1 Å². The lowest BCUT2D eigenvalue weighted by Gasteiger charge is -2.48. The number of rotatable bonds is 5. The highest BCUT2D eigenvalue weighted by Gasteiger charge is 2.56. The molecule has 1 saturated heterocycles. The van der Waals surface area contributed by atoms with Crippen LogP contribution in [0.2, 0.25) is 0 Å². The van der Waals surface area contributed by atoms with Gasteiger partial charge in [-0.15, -0.1) is 12.3 Å². The molecule has 1 aromatic carbocycles. The van der Waals surface area contributed by atoms with E-state index in [1.54, 1.807) is 6.07 Å². The standard InChI is InChI=1S/C24H25N3O6/c1-3-4-6-24(25-26-24)11-19(28)32-18-8-13-5-7-27(2)21(13)20-14-9-16-17(31-12-30-16)10-15(14)23(29)33-22(18)20/h1,9-10,13,18,20-22H,4-8,11-12H2,2H3/t13-,18+,20+,21-,22-/m1/s1. The van der Waals surface area contributed by atoms with Crippen molar-refractivity contribution in [3.63, 3.8) is 0 Å². The van der Waals surface area contributed by atoms with Crippen LogP contribution in [-0.2, 0) is 14.3 Å². The predicted molar refractivity (Wildman–Crippen MR) is 114 cm³/mol. The van der Waals surface area contributed by atoms with Crippen LogP contribution in [0.5, 0.6) is 11.5 Å². The Morgan fingerprint density at radius 3 is 2.88 bits per heavy atom. The quantitative estimate of drug-likeness (QED) is 0.501. The Balaban J connectivity index is 1.29. The number of hydrogen-bond acceptors (Lipinski definition) is 9. The Bertz CT molecular complexity index is 1090. The lowest BCUT2D eigenvalue weighted by molar-refractivity contribution is -0.164. The smallest absolute Gasteiger partial charge is 0.338 e. The monoisotopic (exact) mass is 451 g/mol. The molecule has 1 aliphatic carbocycles. The van der Waals surface area contributed by atoms with Crippen LogP contribution in [0.1, 0.15) is 53.9 Å². The molecule has 9 heteroatoms. The van der Waals surface area contributed by atoms with Crippen molar-refractivity contribution in [3.05, 3.63) is 23.3 Å². The summed E-state index contributed by atoms with van der Waals surface area (Å²) in [6, 6.07) is 3.80. The lowest BCUT2D eigenvalue weighted by Crippen LogP contribution is -2.55. The summed E-state index contributed by atoms with van der Waals surface area (Å²) in [6.45, 7) is 1.07. The zero-order valence-corrected chi connectivity index (χ0v) is 18.4. The van der Waals surface area contributed by atoms with E-state index in [2.05, 4.69) is 28.1 Å². The first-order valence-corrected chi connectivity index (χ1v) is 11.4. The second-order valence-electron chi connectivity index (χ2n) is 9.54. The van der Waals surface area contributed by atoms with E-state index in [1.165, 1.54) is 0 Å². The fraction of sp³-hybridized carbons (Fsp3) is 0.583. The van der Waals surface area contributed by atoms with Crippen molar-refractivity contribution >= 4 is 11.9 Å². The van der Waals surface area contributed by atoms with Gasteiger partial charge in [-0.3, -0.25) is 4.79 Å². The normalized spacial score (nSPS) is 32.2. The number of likely N-dealkylation sites (N-methyl/N-ethyl adjacent to an activating group) is 1. The van der Waals surface area contributed by atoms with Gasteiger partial charge in [-0.05, 0) is 50.0 Å². The highest BCUT2D eigenvalue weighted by Crippen LogP contribution is 2.51. The van der Waals surface area contributed by atoms with Crippen LogP contribution < -0.4 is 9.47 Å². The number of benzene rings is 1. The van der Waals surface area contributed by atoms with Crippen molar-refractivity contribution < 1.29 is 28.5 Å². The zero-order chi connectivity index (χ0) is 22.7. The van der Waals surface area contributed by atoms with Crippen LogP contribution >= 0.6 is 0 Å². The third kappa shape index (κ3) is 3.35. The SMILES string of the molecule is C#CCCC1(CC(=O)O[C@H]2C[C@H]3CCN(C)[C@H]3[C@@H]3c4cc5c(cc4C(=O)O[C@@H]32)OCO5)N=N1. The molecule has 0 amide bonds. The fourth-order valence-electron chi connectivity index (χ4n) is 6.00. The second-order valence-corrected chi connectivity index (χ2v) is 9.54. The Hall–Kier alpha value is -3.12. The van der Waals surface area contributed by atoms with E-state index >= 15 is 0 Å². The van der Waals surface area contributed by atoms with Gasteiger partial charge in [0, 0.05) is 24.8 Å². The number of likely N-dealkylation sites (tertiary alicyclic amines) is 1. The summed E-state index contributed by atoms with van der Waals surface area (Å²) in [5, 5.41) is 8.07. The minimum absolute atomic E-state index is 0.0553. The van der Waals surface area contributed by atoms with E-state index in [1.807, 2.05) is 6.07 Å². The molecular weight excluding hydrogens is 426 g/mol. The number of esters is 2.